The molecule has 0 saturated carbocycles. The highest BCUT2D eigenvalue weighted by Crippen LogP contribution is 1.99. The van der Waals surface area contributed by atoms with Crippen molar-refractivity contribution in [1.82, 2.24) is 4.81 Å². The van der Waals surface area contributed by atoms with Gasteiger partial charge in [0, 0.05) is 0 Å². The maximum Gasteiger partial charge on any atom is 0.248 e. The SMILES string of the molecule is Cc1cc(C)cc([B]N(C)CN=C=O)c1. The first-order valence-corrected chi connectivity index (χ1v) is 4.79. The zero-order valence-electron chi connectivity index (χ0n) is 9.32. The van der Waals surface area contributed by atoms with Crippen molar-refractivity contribution in [1.29, 1.82) is 0 Å². The molecule has 0 aliphatic heterocycles. The lowest BCUT2D eigenvalue weighted by Crippen LogP contribution is -2.33. The third-order valence-corrected chi connectivity index (χ3v) is 1.97. The maximum absolute atomic E-state index is 9.94. The molecule has 3 nitrogen and oxygen atoms in total. The van der Waals surface area contributed by atoms with Gasteiger partial charge in [0.15, 0.2) is 0 Å². The maximum atomic E-state index is 9.94. The number of aryl methyl sites for hydroxylation is 2. The van der Waals surface area contributed by atoms with Crippen LogP contribution in [-0.2, 0) is 4.79 Å². The molecule has 1 aromatic carbocycles. The lowest BCUT2D eigenvalue weighted by atomic mass is 9.79. The highest BCUT2D eigenvalue weighted by Gasteiger charge is 2.03. The summed E-state index contributed by atoms with van der Waals surface area (Å²) in [6.07, 6.45) is 1.52. The van der Waals surface area contributed by atoms with Gasteiger partial charge in [-0.3, -0.25) is 0 Å². The molecule has 0 amide bonds. The Morgan fingerprint density at radius 2 is 1.93 bits per heavy atom. The molecular weight excluding hydrogens is 187 g/mol. The van der Waals surface area contributed by atoms with Gasteiger partial charge in [-0.2, -0.15) is 4.99 Å². The average molecular weight is 201 g/mol. The Hall–Kier alpha value is -1.38. The topological polar surface area (TPSA) is 32.7 Å². The highest BCUT2D eigenvalue weighted by molar-refractivity contribution is 6.50. The molecule has 0 fully saturated rings. The molecule has 0 aliphatic carbocycles. The van der Waals surface area contributed by atoms with E-state index in [4.69, 9.17) is 0 Å². The number of nitrogens with zero attached hydrogens (tertiary/aromatic N) is 2. The second-order valence-corrected chi connectivity index (χ2v) is 3.70. The van der Waals surface area contributed by atoms with E-state index in [1.54, 1.807) is 0 Å². The molecule has 15 heavy (non-hydrogen) atoms. The van der Waals surface area contributed by atoms with Crippen LogP contribution < -0.4 is 5.46 Å². The smallest absolute Gasteiger partial charge is 0.248 e. The van der Waals surface area contributed by atoms with Crippen molar-refractivity contribution in [2.75, 3.05) is 13.7 Å². The van der Waals surface area contributed by atoms with Gasteiger partial charge in [-0.1, -0.05) is 34.8 Å². The molecule has 0 aliphatic rings. The Morgan fingerprint density at radius 1 is 1.33 bits per heavy atom. The molecule has 0 heterocycles. The van der Waals surface area contributed by atoms with Crippen LogP contribution >= 0.6 is 0 Å². The summed E-state index contributed by atoms with van der Waals surface area (Å²) in [5.74, 6) is 0. The number of hydrogen-bond acceptors (Lipinski definition) is 3. The Morgan fingerprint density at radius 3 is 2.47 bits per heavy atom. The van der Waals surface area contributed by atoms with Crippen LogP contribution in [0.1, 0.15) is 11.1 Å². The van der Waals surface area contributed by atoms with E-state index in [2.05, 4.69) is 37.0 Å². The first-order chi connectivity index (χ1) is 7.11. The van der Waals surface area contributed by atoms with E-state index in [-0.39, 0.29) is 0 Å². The van der Waals surface area contributed by atoms with Gasteiger partial charge in [-0.05, 0) is 20.9 Å². The molecule has 0 saturated heterocycles. The van der Waals surface area contributed by atoms with E-state index >= 15 is 0 Å². The average Bonchev–Trinajstić information content (AvgIpc) is 2.13. The van der Waals surface area contributed by atoms with Crippen molar-refractivity contribution < 1.29 is 4.79 Å². The van der Waals surface area contributed by atoms with Crippen molar-refractivity contribution in [3.05, 3.63) is 29.3 Å². The van der Waals surface area contributed by atoms with Gasteiger partial charge in [0.2, 0.25) is 13.5 Å². The summed E-state index contributed by atoms with van der Waals surface area (Å²) in [5.41, 5.74) is 3.58. The summed E-state index contributed by atoms with van der Waals surface area (Å²) in [4.78, 5) is 15.3. The summed E-state index contributed by atoms with van der Waals surface area (Å²) in [7, 11) is 3.83. The number of aliphatic imine (C=N–C) groups is 1. The third kappa shape index (κ3) is 4.11. The van der Waals surface area contributed by atoms with Gasteiger partial charge in [-0.15, -0.1) is 0 Å². The molecule has 1 aromatic rings. The zero-order chi connectivity index (χ0) is 11.3. The molecule has 0 aromatic heterocycles. The van der Waals surface area contributed by atoms with Gasteiger partial charge in [0.05, 0.1) is 6.67 Å². The largest absolute Gasteiger partial charge is 0.326 e. The molecule has 77 valence electrons. The first-order valence-electron chi connectivity index (χ1n) is 4.79. The highest BCUT2D eigenvalue weighted by atomic mass is 16.1. The van der Waals surface area contributed by atoms with E-state index in [0.29, 0.717) is 6.67 Å². The summed E-state index contributed by atoms with van der Waals surface area (Å²) in [6, 6.07) is 6.31. The number of hydrogen-bond donors (Lipinski definition) is 0. The van der Waals surface area contributed by atoms with Crippen molar-refractivity contribution in [2.45, 2.75) is 13.8 Å². The Kier molecular flexibility index (Phi) is 4.28. The molecular formula is C11H14BN2O. The molecule has 1 rings (SSSR count). The first kappa shape index (κ1) is 11.7. The van der Waals surface area contributed by atoms with Crippen LogP contribution in [0.4, 0.5) is 0 Å². The van der Waals surface area contributed by atoms with Gasteiger partial charge < -0.3 is 4.81 Å². The van der Waals surface area contributed by atoms with Crippen molar-refractivity contribution in [3.8, 4) is 0 Å². The minimum Gasteiger partial charge on any atom is -0.326 e. The Labute approximate surface area is 91.1 Å². The van der Waals surface area contributed by atoms with Gasteiger partial charge in [-0.25, -0.2) is 4.79 Å². The molecule has 4 heteroatoms. The number of carbonyl (C=O) groups excluding carboxylic acids is 1. The number of isocyanates is 1. The van der Waals surface area contributed by atoms with E-state index < -0.39 is 0 Å². The third-order valence-electron chi connectivity index (χ3n) is 1.97. The Balaban J connectivity index is 2.67. The number of rotatable bonds is 4. The summed E-state index contributed by atoms with van der Waals surface area (Å²) in [5, 5.41) is 0. The molecule has 0 spiro atoms. The molecule has 0 unspecified atom stereocenters. The van der Waals surface area contributed by atoms with Crippen LogP contribution in [0.5, 0.6) is 0 Å². The van der Waals surface area contributed by atoms with E-state index in [1.165, 1.54) is 17.2 Å². The van der Waals surface area contributed by atoms with Gasteiger partial charge in [0.1, 0.15) is 0 Å². The van der Waals surface area contributed by atoms with E-state index in [9.17, 15) is 4.79 Å². The lowest BCUT2D eigenvalue weighted by molar-refractivity contribution is 0.535. The number of benzene rings is 1. The van der Waals surface area contributed by atoms with E-state index in [1.807, 2.05) is 19.3 Å². The quantitative estimate of drug-likeness (QED) is 0.409. The van der Waals surface area contributed by atoms with E-state index in [0.717, 1.165) is 5.46 Å². The molecule has 0 N–H and O–H groups in total. The van der Waals surface area contributed by atoms with Crippen LogP contribution in [0.2, 0.25) is 0 Å². The summed E-state index contributed by atoms with van der Waals surface area (Å²) in [6.45, 7) is 4.47. The minimum atomic E-state index is 0.344. The lowest BCUT2D eigenvalue weighted by Gasteiger charge is -2.12. The molecule has 0 bridgehead atoms. The molecule has 1 radical (unpaired) electrons. The Bertz CT molecular complexity index is 366. The van der Waals surface area contributed by atoms with Crippen molar-refractivity contribution in [3.63, 3.8) is 0 Å². The minimum absolute atomic E-state index is 0.344. The van der Waals surface area contributed by atoms with Crippen LogP contribution in [0.15, 0.2) is 23.2 Å². The monoisotopic (exact) mass is 201 g/mol. The van der Waals surface area contributed by atoms with Crippen LogP contribution in [0.3, 0.4) is 0 Å². The van der Waals surface area contributed by atoms with Crippen molar-refractivity contribution in [2.24, 2.45) is 4.99 Å². The molecule has 0 atom stereocenters. The fraction of sp³-hybridized carbons (Fsp3) is 0.364. The summed E-state index contributed by atoms with van der Waals surface area (Å²) >= 11 is 0. The predicted molar refractivity (Wildman–Crippen MR) is 62.1 cm³/mol. The van der Waals surface area contributed by atoms with Gasteiger partial charge in [0.25, 0.3) is 0 Å². The van der Waals surface area contributed by atoms with Crippen LogP contribution in [0.25, 0.3) is 0 Å². The van der Waals surface area contributed by atoms with Crippen LogP contribution in [-0.4, -0.2) is 32.0 Å². The fourth-order valence-electron chi connectivity index (χ4n) is 1.52. The predicted octanol–water partition coefficient (Wildman–Crippen LogP) is 0.773. The zero-order valence-corrected chi connectivity index (χ0v) is 9.32. The normalized spacial score (nSPS) is 9.87. The standard InChI is InChI=1S/C11H14BN2O/c1-9-4-10(2)6-11(5-9)12-14(3)7-13-8-15/h4-6H,7H2,1-3H3. The van der Waals surface area contributed by atoms with Crippen molar-refractivity contribution >= 4 is 19.0 Å². The fourth-order valence-corrected chi connectivity index (χ4v) is 1.52. The van der Waals surface area contributed by atoms with Crippen LogP contribution in [0, 0.1) is 13.8 Å². The van der Waals surface area contributed by atoms with Gasteiger partial charge >= 0.3 is 0 Å². The second kappa shape index (κ2) is 5.49. The summed E-state index contributed by atoms with van der Waals surface area (Å²) < 4.78 is 0. The second-order valence-electron chi connectivity index (χ2n) is 3.70.